The number of hydrogen-bond donors (Lipinski definition) is 2. The van der Waals surface area contributed by atoms with Gasteiger partial charge in [0.05, 0.1) is 5.01 Å². The summed E-state index contributed by atoms with van der Waals surface area (Å²) in [6.07, 6.45) is 3.07. The second kappa shape index (κ2) is 8.68. The number of likely N-dealkylation sites (tertiary alicyclic amines) is 1. The molecule has 3 amide bonds. The summed E-state index contributed by atoms with van der Waals surface area (Å²) in [5.41, 5.74) is 5.35. The number of carbonyl (C=O) groups is 3. The van der Waals surface area contributed by atoms with Crippen molar-refractivity contribution in [1.82, 2.24) is 25.7 Å². The van der Waals surface area contributed by atoms with E-state index < -0.39 is 11.8 Å². The van der Waals surface area contributed by atoms with Gasteiger partial charge in [-0.1, -0.05) is 39.3 Å². The Morgan fingerprint density at radius 1 is 1.09 bits per heavy atom. The van der Waals surface area contributed by atoms with E-state index in [1.165, 1.54) is 29.7 Å². The Morgan fingerprint density at radius 2 is 1.73 bits per heavy atom. The molecule has 0 spiro atoms. The molecule has 4 rings (SSSR count). The smallest absolute Gasteiger partial charge is 0.289 e. The number of carbonyl (C=O) groups excluding carboxylic acids is 3. The van der Waals surface area contributed by atoms with Gasteiger partial charge in [-0.15, -0.1) is 11.3 Å². The summed E-state index contributed by atoms with van der Waals surface area (Å²) in [7, 11) is 0. The maximum Gasteiger partial charge on any atom is 0.289 e. The normalized spacial score (nSPS) is 19.7. The summed E-state index contributed by atoms with van der Waals surface area (Å²) in [4.78, 5) is 47.8. The molecule has 2 aromatic heterocycles. The molecular formula is C23H28ClN5O3S. The zero-order valence-electron chi connectivity index (χ0n) is 19.1. The van der Waals surface area contributed by atoms with E-state index in [9.17, 15) is 14.4 Å². The Hall–Kier alpha value is -2.52. The third-order valence-corrected chi connectivity index (χ3v) is 8.67. The highest BCUT2D eigenvalue weighted by Crippen LogP contribution is 2.68. The molecular weight excluding hydrogens is 462 g/mol. The zero-order valence-corrected chi connectivity index (χ0v) is 20.7. The summed E-state index contributed by atoms with van der Waals surface area (Å²) in [5, 5.41) is 2.76. The SMILES string of the molecule is CC1(C)C(C(=O)N2CCC(c3nc(C(=O)NNC(=O)c4ccnc(Cl)c4)cs3)CC2)C1(C)C. The van der Waals surface area contributed by atoms with E-state index in [-0.39, 0.29) is 45.0 Å². The number of thiazole rings is 1. The van der Waals surface area contributed by atoms with Crippen LogP contribution in [0.4, 0.5) is 0 Å². The van der Waals surface area contributed by atoms with Gasteiger partial charge in [-0.05, 0) is 35.8 Å². The van der Waals surface area contributed by atoms with Crippen LogP contribution >= 0.6 is 22.9 Å². The van der Waals surface area contributed by atoms with Gasteiger partial charge in [-0.2, -0.15) is 0 Å². The molecule has 0 atom stereocenters. The molecule has 3 heterocycles. The number of halogens is 1. The molecule has 33 heavy (non-hydrogen) atoms. The first-order chi connectivity index (χ1) is 15.5. The van der Waals surface area contributed by atoms with Crippen molar-refractivity contribution in [2.24, 2.45) is 16.7 Å². The van der Waals surface area contributed by atoms with E-state index in [2.05, 4.69) is 48.5 Å². The maximum atomic E-state index is 13.0. The zero-order chi connectivity index (χ0) is 24.0. The number of aromatic nitrogens is 2. The van der Waals surface area contributed by atoms with Gasteiger partial charge in [0.25, 0.3) is 11.8 Å². The summed E-state index contributed by atoms with van der Waals surface area (Å²) < 4.78 is 0. The topological polar surface area (TPSA) is 104 Å². The van der Waals surface area contributed by atoms with Crippen molar-refractivity contribution in [2.45, 2.75) is 46.5 Å². The molecule has 0 bridgehead atoms. The van der Waals surface area contributed by atoms with Crippen LogP contribution in [0.3, 0.4) is 0 Å². The van der Waals surface area contributed by atoms with Crippen LogP contribution in [0.15, 0.2) is 23.7 Å². The predicted octanol–water partition coefficient (Wildman–Crippen LogP) is 3.65. The van der Waals surface area contributed by atoms with Crippen LogP contribution in [-0.2, 0) is 4.79 Å². The summed E-state index contributed by atoms with van der Waals surface area (Å²) in [6, 6.07) is 2.91. The van der Waals surface area contributed by atoms with Gasteiger partial charge in [-0.3, -0.25) is 25.2 Å². The molecule has 1 saturated heterocycles. The van der Waals surface area contributed by atoms with Gasteiger partial charge in [0.15, 0.2) is 0 Å². The van der Waals surface area contributed by atoms with Crippen LogP contribution in [0.1, 0.15) is 72.3 Å². The molecule has 2 aromatic rings. The first-order valence-electron chi connectivity index (χ1n) is 11.0. The van der Waals surface area contributed by atoms with Crippen molar-refractivity contribution >= 4 is 40.7 Å². The van der Waals surface area contributed by atoms with Crippen LogP contribution in [0.5, 0.6) is 0 Å². The Labute approximate surface area is 202 Å². The fourth-order valence-corrected chi connectivity index (χ4v) is 5.86. The van der Waals surface area contributed by atoms with Crippen LogP contribution in [-0.4, -0.2) is 45.7 Å². The minimum atomic E-state index is -0.498. The summed E-state index contributed by atoms with van der Waals surface area (Å²) >= 11 is 7.22. The molecule has 10 heteroatoms. The Morgan fingerprint density at radius 3 is 2.33 bits per heavy atom. The van der Waals surface area contributed by atoms with E-state index in [0.717, 1.165) is 17.8 Å². The molecule has 1 saturated carbocycles. The average Bonchev–Trinajstić information content (AvgIpc) is 3.11. The van der Waals surface area contributed by atoms with Gasteiger partial charge < -0.3 is 4.90 Å². The minimum Gasteiger partial charge on any atom is -0.342 e. The van der Waals surface area contributed by atoms with Crippen LogP contribution in [0, 0.1) is 16.7 Å². The Bertz CT molecular complexity index is 1080. The van der Waals surface area contributed by atoms with Crippen molar-refractivity contribution < 1.29 is 14.4 Å². The highest BCUT2D eigenvalue weighted by Gasteiger charge is 2.68. The highest BCUT2D eigenvalue weighted by atomic mass is 35.5. The van der Waals surface area contributed by atoms with Gasteiger partial charge in [0.2, 0.25) is 5.91 Å². The second-order valence-electron chi connectivity index (χ2n) is 9.82. The lowest BCUT2D eigenvalue weighted by Crippen LogP contribution is -2.41. The van der Waals surface area contributed by atoms with Gasteiger partial charge >= 0.3 is 0 Å². The molecule has 0 radical (unpaired) electrons. The standard InChI is InChI=1S/C23H28ClN5O3S/c1-22(2)17(23(22,3)4)21(32)29-9-6-13(7-10-29)20-26-15(12-33-20)19(31)28-27-18(30)14-5-8-25-16(24)11-14/h5,8,11-13,17H,6-7,9-10H2,1-4H3,(H,27,30)(H,28,31). The lowest BCUT2D eigenvalue weighted by Gasteiger charge is -2.31. The fraction of sp³-hybridized carbons (Fsp3) is 0.522. The van der Waals surface area contributed by atoms with Crippen molar-refractivity contribution in [3.05, 3.63) is 45.1 Å². The van der Waals surface area contributed by atoms with E-state index in [1.807, 2.05) is 4.90 Å². The predicted molar refractivity (Wildman–Crippen MR) is 126 cm³/mol. The first kappa shape index (κ1) is 23.6. The van der Waals surface area contributed by atoms with Gasteiger partial charge in [0.1, 0.15) is 10.8 Å². The van der Waals surface area contributed by atoms with E-state index in [4.69, 9.17) is 11.6 Å². The minimum absolute atomic E-state index is 0.0393. The number of nitrogens with zero attached hydrogens (tertiary/aromatic N) is 3. The number of rotatable bonds is 4. The molecule has 176 valence electrons. The number of amides is 3. The molecule has 0 aromatic carbocycles. The van der Waals surface area contributed by atoms with Crippen LogP contribution in [0.25, 0.3) is 0 Å². The monoisotopic (exact) mass is 489 g/mol. The number of nitrogens with one attached hydrogen (secondary N) is 2. The van der Waals surface area contributed by atoms with Gasteiger partial charge in [0, 0.05) is 42.1 Å². The largest absolute Gasteiger partial charge is 0.342 e. The number of pyridine rings is 1. The molecule has 1 aliphatic carbocycles. The highest BCUT2D eigenvalue weighted by molar-refractivity contribution is 7.09. The Kier molecular flexibility index (Phi) is 6.22. The second-order valence-corrected chi connectivity index (χ2v) is 11.1. The third kappa shape index (κ3) is 4.48. The quantitative estimate of drug-likeness (QED) is 0.504. The molecule has 8 nitrogen and oxygen atoms in total. The molecule has 2 aliphatic rings. The molecule has 2 fully saturated rings. The van der Waals surface area contributed by atoms with Crippen LogP contribution in [0.2, 0.25) is 5.15 Å². The lowest BCUT2D eigenvalue weighted by atomic mass is 9.96. The third-order valence-electron chi connectivity index (χ3n) is 7.46. The number of piperidine rings is 1. The van der Waals surface area contributed by atoms with E-state index in [1.54, 1.807) is 5.38 Å². The number of hydrogen-bond acceptors (Lipinski definition) is 6. The van der Waals surface area contributed by atoms with Gasteiger partial charge in [-0.25, -0.2) is 9.97 Å². The van der Waals surface area contributed by atoms with E-state index in [0.29, 0.717) is 13.1 Å². The molecule has 2 N–H and O–H groups in total. The van der Waals surface area contributed by atoms with Crippen LogP contribution < -0.4 is 10.9 Å². The number of hydrazine groups is 1. The van der Waals surface area contributed by atoms with E-state index >= 15 is 0 Å². The summed E-state index contributed by atoms with van der Waals surface area (Å²) in [5.74, 6) is -0.433. The first-order valence-corrected chi connectivity index (χ1v) is 12.2. The molecule has 1 aliphatic heterocycles. The fourth-order valence-electron chi connectivity index (χ4n) is 4.72. The molecule has 0 unspecified atom stereocenters. The van der Waals surface area contributed by atoms with Crippen molar-refractivity contribution in [2.75, 3.05) is 13.1 Å². The lowest BCUT2D eigenvalue weighted by molar-refractivity contribution is -0.134. The Balaban J connectivity index is 1.29. The summed E-state index contributed by atoms with van der Waals surface area (Å²) in [6.45, 7) is 10.1. The van der Waals surface area contributed by atoms with Crippen molar-refractivity contribution in [3.8, 4) is 0 Å². The average molecular weight is 490 g/mol. The van der Waals surface area contributed by atoms with Crippen molar-refractivity contribution in [3.63, 3.8) is 0 Å². The maximum absolute atomic E-state index is 13.0. The van der Waals surface area contributed by atoms with Crippen molar-refractivity contribution in [1.29, 1.82) is 0 Å².